The molecule has 0 spiro atoms. The van der Waals surface area contributed by atoms with Crippen LogP contribution in [-0.2, 0) is 0 Å². The van der Waals surface area contributed by atoms with E-state index in [0.717, 1.165) is 12.2 Å². The van der Waals surface area contributed by atoms with Crippen molar-refractivity contribution in [2.75, 3.05) is 0 Å². The Balaban J connectivity index is 1.99. The molecule has 18 heavy (non-hydrogen) atoms. The molecule has 1 nitrogen and oxygen atoms in total. The molecule has 0 radical (unpaired) electrons. The van der Waals surface area contributed by atoms with E-state index >= 15 is 0 Å². The first-order chi connectivity index (χ1) is 8.45. The molecule has 1 aromatic rings. The number of rotatable bonds is 4. The van der Waals surface area contributed by atoms with Crippen LogP contribution in [0.25, 0.3) is 0 Å². The van der Waals surface area contributed by atoms with Crippen LogP contribution in [0.1, 0.15) is 52.0 Å². The van der Waals surface area contributed by atoms with E-state index in [1.165, 1.54) is 12.0 Å². The topological polar surface area (TPSA) is 9.23 Å². The molecule has 100 valence electrons. The normalized spacial score (nSPS) is 27.4. The Morgan fingerprint density at radius 1 is 1.33 bits per heavy atom. The first kappa shape index (κ1) is 13.9. The quantitative estimate of drug-likeness (QED) is 0.700. The minimum atomic E-state index is 0.232. The Kier molecular flexibility index (Phi) is 4.05. The molecule has 2 rings (SSSR count). The molecule has 1 aromatic carbocycles. The average molecular weight is 311 g/mol. The predicted octanol–water partition coefficient (Wildman–Crippen LogP) is 5.14. The molecule has 1 saturated carbocycles. The molecular weight excluding hydrogens is 288 g/mol. The zero-order valence-corrected chi connectivity index (χ0v) is 13.3. The lowest BCUT2D eigenvalue weighted by Crippen LogP contribution is -2.53. The van der Waals surface area contributed by atoms with Crippen molar-refractivity contribution >= 4 is 15.9 Å². The Labute approximate surface area is 119 Å². The molecular formula is C16H23BrO. The number of ether oxygens (including phenoxy) is 1. The van der Waals surface area contributed by atoms with E-state index in [4.69, 9.17) is 4.74 Å². The van der Waals surface area contributed by atoms with Crippen LogP contribution in [0.15, 0.2) is 24.3 Å². The number of hydrogen-bond acceptors (Lipinski definition) is 1. The lowest BCUT2D eigenvalue weighted by Gasteiger charge is -2.48. The molecule has 0 heterocycles. The number of hydrogen-bond donors (Lipinski definition) is 0. The summed E-state index contributed by atoms with van der Waals surface area (Å²) in [6.07, 6.45) is 2.61. The van der Waals surface area contributed by atoms with E-state index in [9.17, 15) is 0 Å². The van der Waals surface area contributed by atoms with Gasteiger partial charge in [0.15, 0.2) is 0 Å². The minimum Gasteiger partial charge on any atom is -0.490 e. The Hall–Kier alpha value is -0.500. The second-order valence-corrected chi connectivity index (χ2v) is 7.11. The molecule has 3 unspecified atom stereocenters. The zero-order chi connectivity index (χ0) is 13.3. The summed E-state index contributed by atoms with van der Waals surface area (Å²) in [5, 5.41) is 0. The average Bonchev–Trinajstić information content (AvgIpc) is 2.38. The summed E-state index contributed by atoms with van der Waals surface area (Å²) in [7, 11) is 0. The number of alkyl halides is 1. The van der Waals surface area contributed by atoms with Gasteiger partial charge in [0.1, 0.15) is 11.9 Å². The van der Waals surface area contributed by atoms with Gasteiger partial charge in [0.05, 0.1) is 0 Å². The van der Waals surface area contributed by atoms with Crippen LogP contribution < -0.4 is 4.74 Å². The zero-order valence-electron chi connectivity index (χ0n) is 11.7. The van der Waals surface area contributed by atoms with Gasteiger partial charge in [-0.3, -0.25) is 0 Å². The summed E-state index contributed by atoms with van der Waals surface area (Å²) in [6.45, 7) is 9.00. The van der Waals surface area contributed by atoms with Gasteiger partial charge in [-0.05, 0) is 36.5 Å². The van der Waals surface area contributed by atoms with Crippen LogP contribution in [0.5, 0.6) is 5.75 Å². The summed E-state index contributed by atoms with van der Waals surface area (Å²) in [4.78, 5) is 0.578. The van der Waals surface area contributed by atoms with Crippen molar-refractivity contribution in [3.63, 3.8) is 0 Å². The Morgan fingerprint density at radius 2 is 1.94 bits per heavy atom. The fourth-order valence-corrected chi connectivity index (χ4v) is 2.95. The van der Waals surface area contributed by atoms with Gasteiger partial charge in [-0.1, -0.05) is 55.8 Å². The van der Waals surface area contributed by atoms with Crippen LogP contribution >= 0.6 is 15.9 Å². The standard InChI is InChI=1S/C16H23BrO/c1-5-11(2)12-6-8-13(9-7-12)18-15-10-14(17)16(15,3)4/h6-9,11,14-15H,5,10H2,1-4H3. The molecule has 0 N–H and O–H groups in total. The summed E-state index contributed by atoms with van der Waals surface area (Å²) >= 11 is 3.70. The highest BCUT2D eigenvalue weighted by Crippen LogP contribution is 2.47. The molecule has 1 aliphatic carbocycles. The molecule has 0 aromatic heterocycles. The molecule has 1 fully saturated rings. The first-order valence-electron chi connectivity index (χ1n) is 6.85. The van der Waals surface area contributed by atoms with Crippen LogP contribution in [0.3, 0.4) is 0 Å². The minimum absolute atomic E-state index is 0.232. The molecule has 0 saturated heterocycles. The largest absolute Gasteiger partial charge is 0.490 e. The van der Waals surface area contributed by atoms with Crippen molar-refractivity contribution in [3.05, 3.63) is 29.8 Å². The van der Waals surface area contributed by atoms with Crippen molar-refractivity contribution in [1.29, 1.82) is 0 Å². The fraction of sp³-hybridized carbons (Fsp3) is 0.625. The summed E-state index contributed by atoms with van der Waals surface area (Å²) in [6, 6.07) is 8.61. The van der Waals surface area contributed by atoms with Crippen LogP contribution in [0.4, 0.5) is 0 Å². The predicted molar refractivity (Wildman–Crippen MR) is 80.7 cm³/mol. The molecule has 2 heteroatoms. The third-order valence-corrected chi connectivity index (χ3v) is 5.95. The molecule has 0 aliphatic heterocycles. The first-order valence-corrected chi connectivity index (χ1v) is 7.77. The fourth-order valence-electron chi connectivity index (χ4n) is 2.31. The second-order valence-electron chi connectivity index (χ2n) is 6.01. The summed E-state index contributed by atoms with van der Waals surface area (Å²) in [5.41, 5.74) is 1.63. The van der Waals surface area contributed by atoms with Crippen molar-refractivity contribution in [1.82, 2.24) is 0 Å². The molecule has 1 aliphatic rings. The van der Waals surface area contributed by atoms with Gasteiger partial charge in [0.25, 0.3) is 0 Å². The molecule has 0 bridgehead atoms. The maximum Gasteiger partial charge on any atom is 0.119 e. The highest BCUT2D eigenvalue weighted by Gasteiger charge is 2.48. The second kappa shape index (κ2) is 5.24. The highest BCUT2D eigenvalue weighted by atomic mass is 79.9. The van der Waals surface area contributed by atoms with Gasteiger partial charge < -0.3 is 4.74 Å². The third kappa shape index (κ3) is 2.59. The highest BCUT2D eigenvalue weighted by molar-refractivity contribution is 9.09. The van der Waals surface area contributed by atoms with Crippen LogP contribution in [0, 0.1) is 5.41 Å². The van der Waals surface area contributed by atoms with Crippen LogP contribution in [0.2, 0.25) is 0 Å². The lowest BCUT2D eigenvalue weighted by molar-refractivity contribution is -0.00780. The van der Waals surface area contributed by atoms with Crippen molar-refractivity contribution in [2.24, 2.45) is 5.41 Å². The SMILES string of the molecule is CCC(C)c1ccc(OC2CC(Br)C2(C)C)cc1. The van der Waals surface area contributed by atoms with E-state index < -0.39 is 0 Å². The van der Waals surface area contributed by atoms with Crippen molar-refractivity contribution < 1.29 is 4.74 Å². The lowest BCUT2D eigenvalue weighted by atomic mass is 9.69. The third-order valence-electron chi connectivity index (χ3n) is 4.40. The van der Waals surface area contributed by atoms with E-state index in [2.05, 4.69) is 67.9 Å². The Bertz CT molecular complexity index is 396. The van der Waals surface area contributed by atoms with Gasteiger partial charge >= 0.3 is 0 Å². The monoisotopic (exact) mass is 310 g/mol. The van der Waals surface area contributed by atoms with Gasteiger partial charge in [-0.15, -0.1) is 0 Å². The van der Waals surface area contributed by atoms with Gasteiger partial charge in [-0.25, -0.2) is 0 Å². The Morgan fingerprint density at radius 3 is 2.39 bits per heavy atom. The van der Waals surface area contributed by atoms with E-state index in [1.807, 2.05) is 0 Å². The van der Waals surface area contributed by atoms with Crippen molar-refractivity contribution in [2.45, 2.75) is 57.4 Å². The summed E-state index contributed by atoms with van der Waals surface area (Å²) in [5.74, 6) is 1.63. The van der Waals surface area contributed by atoms with Gasteiger partial charge in [-0.2, -0.15) is 0 Å². The maximum atomic E-state index is 6.07. The smallest absolute Gasteiger partial charge is 0.119 e. The number of benzene rings is 1. The van der Waals surface area contributed by atoms with E-state index in [0.29, 0.717) is 16.8 Å². The van der Waals surface area contributed by atoms with Gasteiger partial charge in [0.2, 0.25) is 0 Å². The van der Waals surface area contributed by atoms with Crippen LogP contribution in [-0.4, -0.2) is 10.9 Å². The molecule has 0 amide bonds. The maximum absolute atomic E-state index is 6.07. The van der Waals surface area contributed by atoms with Crippen molar-refractivity contribution in [3.8, 4) is 5.75 Å². The van der Waals surface area contributed by atoms with Gasteiger partial charge in [0, 0.05) is 10.2 Å². The number of halogens is 1. The van der Waals surface area contributed by atoms with E-state index in [1.54, 1.807) is 0 Å². The van der Waals surface area contributed by atoms with E-state index in [-0.39, 0.29) is 5.41 Å². The summed E-state index contributed by atoms with van der Waals surface area (Å²) < 4.78 is 6.07. The molecule has 3 atom stereocenters.